The van der Waals surface area contributed by atoms with Gasteiger partial charge in [0.25, 0.3) is 0 Å². The Balaban J connectivity index is 2.94. The molecule has 6 heteroatoms. The van der Waals surface area contributed by atoms with Gasteiger partial charge in [0.15, 0.2) is 0 Å². The summed E-state index contributed by atoms with van der Waals surface area (Å²) in [5, 5.41) is 2.79. The third kappa shape index (κ3) is 4.05. The smallest absolute Gasteiger partial charge is 0.367 e. The molecule has 2 atom stereocenters. The van der Waals surface area contributed by atoms with E-state index in [1.54, 1.807) is 0 Å². The Bertz CT molecular complexity index is 407. The number of aromatic nitrogens is 1. The molecule has 0 spiro atoms. The van der Waals surface area contributed by atoms with Crippen molar-refractivity contribution < 1.29 is 13.2 Å². The number of nitrogens with one attached hydrogen (secondary N) is 1. The number of hydrogen-bond donors (Lipinski definition) is 1. The molecule has 0 radical (unpaired) electrons. The van der Waals surface area contributed by atoms with Crippen LogP contribution in [0.2, 0.25) is 5.15 Å². The average molecular weight is 281 g/mol. The van der Waals surface area contributed by atoms with Crippen molar-refractivity contribution in [1.29, 1.82) is 0 Å². The molecule has 0 amide bonds. The molecule has 0 aliphatic heterocycles. The Kier molecular flexibility index (Phi) is 4.85. The number of pyridine rings is 1. The fourth-order valence-corrected chi connectivity index (χ4v) is 1.67. The molecule has 1 N–H and O–H groups in total. The van der Waals surface area contributed by atoms with Crippen molar-refractivity contribution in [2.75, 3.05) is 5.32 Å². The minimum Gasteiger partial charge on any atom is -0.367 e. The second kappa shape index (κ2) is 5.78. The number of hydrogen-bond acceptors (Lipinski definition) is 2. The van der Waals surface area contributed by atoms with Crippen molar-refractivity contribution in [3.05, 3.63) is 22.8 Å². The maximum absolute atomic E-state index is 12.6. The van der Waals surface area contributed by atoms with Crippen LogP contribution in [0.3, 0.4) is 0 Å². The Morgan fingerprint density at radius 3 is 2.44 bits per heavy atom. The summed E-state index contributed by atoms with van der Waals surface area (Å²) in [5.74, 6) is 0.489. The van der Waals surface area contributed by atoms with Gasteiger partial charge in [-0.05, 0) is 25.0 Å². The van der Waals surface area contributed by atoms with Crippen molar-refractivity contribution in [2.45, 2.75) is 39.4 Å². The maximum Gasteiger partial charge on any atom is 0.416 e. The second-order valence-corrected chi connectivity index (χ2v) is 4.77. The van der Waals surface area contributed by atoms with E-state index in [0.29, 0.717) is 5.92 Å². The third-order valence-corrected chi connectivity index (χ3v) is 3.19. The molecule has 0 aromatic carbocycles. The first-order valence-electron chi connectivity index (χ1n) is 5.75. The van der Waals surface area contributed by atoms with Crippen LogP contribution in [-0.4, -0.2) is 11.0 Å². The van der Waals surface area contributed by atoms with E-state index in [-0.39, 0.29) is 17.0 Å². The number of nitrogens with zero attached hydrogens (tertiary/aromatic N) is 1. The maximum atomic E-state index is 12.6. The number of anilines is 1. The summed E-state index contributed by atoms with van der Waals surface area (Å²) < 4.78 is 37.8. The zero-order chi connectivity index (χ0) is 13.9. The summed E-state index contributed by atoms with van der Waals surface area (Å²) >= 11 is 5.60. The number of halogens is 4. The lowest BCUT2D eigenvalue weighted by molar-refractivity contribution is -0.137. The van der Waals surface area contributed by atoms with Crippen molar-refractivity contribution in [2.24, 2.45) is 5.92 Å². The summed E-state index contributed by atoms with van der Waals surface area (Å²) in [6.45, 7) is 5.95. The lowest BCUT2D eigenvalue weighted by atomic mass is 10.0. The van der Waals surface area contributed by atoms with Gasteiger partial charge in [-0.15, -0.1) is 0 Å². The molecule has 0 bridgehead atoms. The fourth-order valence-electron chi connectivity index (χ4n) is 1.46. The quantitative estimate of drug-likeness (QED) is 0.815. The first kappa shape index (κ1) is 15.1. The largest absolute Gasteiger partial charge is 0.416 e. The van der Waals surface area contributed by atoms with Crippen LogP contribution in [0, 0.1) is 5.92 Å². The molecule has 2 unspecified atom stereocenters. The van der Waals surface area contributed by atoms with E-state index in [4.69, 9.17) is 11.6 Å². The normalized spacial score (nSPS) is 15.3. The molecule has 1 aromatic rings. The summed E-state index contributed by atoms with van der Waals surface area (Å²) in [5.41, 5.74) is -0.790. The number of rotatable bonds is 4. The van der Waals surface area contributed by atoms with E-state index >= 15 is 0 Å². The van der Waals surface area contributed by atoms with Crippen LogP contribution >= 0.6 is 11.6 Å². The third-order valence-electron chi connectivity index (χ3n) is 2.99. The highest BCUT2D eigenvalue weighted by atomic mass is 35.5. The van der Waals surface area contributed by atoms with Gasteiger partial charge in [0, 0.05) is 6.04 Å². The van der Waals surface area contributed by atoms with Crippen LogP contribution in [0.15, 0.2) is 12.1 Å². The van der Waals surface area contributed by atoms with E-state index in [0.717, 1.165) is 18.6 Å². The predicted molar refractivity (Wildman–Crippen MR) is 66.8 cm³/mol. The van der Waals surface area contributed by atoms with Gasteiger partial charge < -0.3 is 5.32 Å². The van der Waals surface area contributed by atoms with Crippen LogP contribution in [0.1, 0.15) is 32.8 Å². The SMILES string of the molecule is CCC(C)C(C)Nc1cc(C(F)(F)F)cc(Cl)n1. The van der Waals surface area contributed by atoms with Gasteiger partial charge in [0.1, 0.15) is 11.0 Å². The van der Waals surface area contributed by atoms with Crippen LogP contribution < -0.4 is 5.32 Å². The monoisotopic (exact) mass is 280 g/mol. The summed E-state index contributed by atoms with van der Waals surface area (Å²) in [7, 11) is 0. The molecule has 0 saturated carbocycles. The molecule has 1 aromatic heterocycles. The Morgan fingerprint density at radius 1 is 1.33 bits per heavy atom. The molecule has 18 heavy (non-hydrogen) atoms. The molecule has 1 rings (SSSR count). The minimum absolute atomic E-state index is 0.0297. The first-order chi connectivity index (χ1) is 8.24. The highest BCUT2D eigenvalue weighted by molar-refractivity contribution is 6.29. The van der Waals surface area contributed by atoms with Gasteiger partial charge in [0.2, 0.25) is 0 Å². The minimum atomic E-state index is -4.41. The van der Waals surface area contributed by atoms with Crippen molar-refractivity contribution >= 4 is 17.4 Å². The van der Waals surface area contributed by atoms with Crippen LogP contribution in [0.5, 0.6) is 0 Å². The van der Waals surface area contributed by atoms with E-state index in [2.05, 4.69) is 10.3 Å². The first-order valence-corrected chi connectivity index (χ1v) is 6.13. The van der Waals surface area contributed by atoms with E-state index in [9.17, 15) is 13.2 Å². The highest BCUT2D eigenvalue weighted by Crippen LogP contribution is 2.32. The molecule has 0 saturated heterocycles. The van der Waals surface area contributed by atoms with Crippen LogP contribution in [0.25, 0.3) is 0 Å². The lowest BCUT2D eigenvalue weighted by Crippen LogP contribution is -2.24. The Morgan fingerprint density at radius 2 is 1.94 bits per heavy atom. The molecule has 0 aliphatic rings. The summed E-state index contributed by atoms with van der Waals surface area (Å²) in [6, 6.07) is 1.83. The molecule has 1 heterocycles. The molecular weight excluding hydrogens is 265 g/mol. The van der Waals surface area contributed by atoms with Gasteiger partial charge in [-0.2, -0.15) is 13.2 Å². The Labute approximate surface area is 110 Å². The number of alkyl halides is 3. The standard InChI is InChI=1S/C12H16ClF3N2/c1-4-7(2)8(3)17-11-6-9(12(14,15)16)5-10(13)18-11/h5-8H,4H2,1-3H3,(H,17,18). The van der Waals surface area contributed by atoms with Gasteiger partial charge >= 0.3 is 6.18 Å². The van der Waals surface area contributed by atoms with Gasteiger partial charge in [-0.25, -0.2) is 4.98 Å². The lowest BCUT2D eigenvalue weighted by Gasteiger charge is -2.21. The molecule has 0 aliphatic carbocycles. The molecule has 102 valence electrons. The topological polar surface area (TPSA) is 24.9 Å². The molecule has 0 fully saturated rings. The average Bonchev–Trinajstić information content (AvgIpc) is 2.25. The summed E-state index contributed by atoms with van der Waals surface area (Å²) in [4.78, 5) is 3.86. The zero-order valence-corrected chi connectivity index (χ0v) is 11.2. The van der Waals surface area contributed by atoms with Crippen LogP contribution in [-0.2, 0) is 6.18 Å². The molecular formula is C12H16ClF3N2. The van der Waals surface area contributed by atoms with E-state index < -0.39 is 11.7 Å². The van der Waals surface area contributed by atoms with Crippen molar-refractivity contribution in [3.63, 3.8) is 0 Å². The predicted octanol–water partition coefficient (Wildman–Crippen LogP) is 4.60. The summed E-state index contributed by atoms with van der Waals surface area (Å²) in [6.07, 6.45) is -3.48. The highest BCUT2D eigenvalue weighted by Gasteiger charge is 2.31. The fraction of sp³-hybridized carbons (Fsp3) is 0.583. The molecule has 2 nitrogen and oxygen atoms in total. The van der Waals surface area contributed by atoms with E-state index in [1.807, 2.05) is 20.8 Å². The van der Waals surface area contributed by atoms with Gasteiger partial charge in [-0.1, -0.05) is 31.9 Å². The second-order valence-electron chi connectivity index (χ2n) is 4.38. The van der Waals surface area contributed by atoms with E-state index in [1.165, 1.54) is 0 Å². The van der Waals surface area contributed by atoms with Crippen molar-refractivity contribution in [1.82, 2.24) is 4.98 Å². The zero-order valence-electron chi connectivity index (χ0n) is 10.5. The van der Waals surface area contributed by atoms with Gasteiger partial charge in [-0.3, -0.25) is 0 Å². The van der Waals surface area contributed by atoms with Crippen molar-refractivity contribution in [3.8, 4) is 0 Å². The van der Waals surface area contributed by atoms with Crippen LogP contribution in [0.4, 0.5) is 19.0 Å². The Hall–Kier alpha value is -0.970. The van der Waals surface area contributed by atoms with Gasteiger partial charge in [0.05, 0.1) is 5.56 Å².